The predicted octanol–water partition coefficient (Wildman–Crippen LogP) is 2.89. The Morgan fingerprint density at radius 2 is 2.18 bits per heavy atom. The smallest absolute Gasteiger partial charge is 0.242 e. The summed E-state index contributed by atoms with van der Waals surface area (Å²) in [6, 6.07) is 7.31. The Balaban J connectivity index is 2.80. The molecule has 0 spiro atoms. The molecule has 4 heteroatoms. The Morgan fingerprint density at radius 3 is 2.76 bits per heavy atom. The van der Waals surface area contributed by atoms with Crippen molar-refractivity contribution in [1.82, 2.24) is 5.32 Å². The number of rotatable bonds is 5. The van der Waals surface area contributed by atoms with Gasteiger partial charge in [0.25, 0.3) is 0 Å². The maximum absolute atomic E-state index is 11.6. The van der Waals surface area contributed by atoms with Crippen LogP contribution in [0.3, 0.4) is 0 Å². The van der Waals surface area contributed by atoms with Gasteiger partial charge in [0.2, 0.25) is 5.91 Å². The monoisotopic (exact) mass is 255 g/mol. The van der Waals surface area contributed by atoms with Crippen molar-refractivity contribution in [2.75, 3.05) is 6.54 Å². The fourth-order valence-corrected chi connectivity index (χ4v) is 1.65. The summed E-state index contributed by atoms with van der Waals surface area (Å²) in [6.07, 6.45) is 0.100. The molecule has 1 unspecified atom stereocenters. The van der Waals surface area contributed by atoms with Crippen LogP contribution in [-0.2, 0) is 4.79 Å². The molecule has 0 aliphatic rings. The van der Waals surface area contributed by atoms with Crippen molar-refractivity contribution in [3.8, 4) is 5.75 Å². The Hall–Kier alpha value is -1.22. The van der Waals surface area contributed by atoms with Crippen molar-refractivity contribution in [3.63, 3.8) is 0 Å². The highest BCUT2D eigenvalue weighted by atomic mass is 35.5. The van der Waals surface area contributed by atoms with Crippen LogP contribution < -0.4 is 10.1 Å². The molecule has 94 valence electrons. The van der Waals surface area contributed by atoms with Crippen molar-refractivity contribution in [1.29, 1.82) is 0 Å². The fourth-order valence-electron chi connectivity index (χ4n) is 1.43. The number of benzene rings is 1. The summed E-state index contributed by atoms with van der Waals surface area (Å²) < 4.78 is 5.55. The van der Waals surface area contributed by atoms with Crippen LogP contribution in [0.25, 0.3) is 0 Å². The lowest BCUT2D eigenvalue weighted by Gasteiger charge is -2.13. The van der Waals surface area contributed by atoms with Crippen LogP contribution in [0.1, 0.15) is 31.7 Å². The SMILES string of the molecule is CCNC(=O)C(Cl)c1cccc(OC(C)C)c1. The van der Waals surface area contributed by atoms with E-state index in [1.54, 1.807) is 6.07 Å². The van der Waals surface area contributed by atoms with E-state index in [0.717, 1.165) is 11.3 Å². The van der Waals surface area contributed by atoms with Gasteiger partial charge in [-0.2, -0.15) is 0 Å². The molecule has 0 fully saturated rings. The van der Waals surface area contributed by atoms with Gasteiger partial charge in [-0.25, -0.2) is 0 Å². The number of ether oxygens (including phenoxy) is 1. The van der Waals surface area contributed by atoms with Gasteiger partial charge in [0.15, 0.2) is 0 Å². The van der Waals surface area contributed by atoms with Crippen LogP contribution in [0.4, 0.5) is 0 Å². The highest BCUT2D eigenvalue weighted by Gasteiger charge is 2.17. The Bertz CT molecular complexity index is 379. The van der Waals surface area contributed by atoms with Crippen LogP contribution in [0.2, 0.25) is 0 Å². The van der Waals surface area contributed by atoms with Crippen LogP contribution in [0.15, 0.2) is 24.3 Å². The van der Waals surface area contributed by atoms with Crippen molar-refractivity contribution in [2.45, 2.75) is 32.3 Å². The molecule has 0 heterocycles. The second kappa shape index (κ2) is 6.50. The van der Waals surface area contributed by atoms with E-state index in [-0.39, 0.29) is 12.0 Å². The second-order valence-corrected chi connectivity index (χ2v) is 4.43. The number of nitrogens with one attached hydrogen (secondary N) is 1. The van der Waals surface area contributed by atoms with Gasteiger partial charge >= 0.3 is 0 Å². The normalized spacial score (nSPS) is 12.3. The molecule has 0 radical (unpaired) electrons. The number of hydrogen-bond acceptors (Lipinski definition) is 2. The largest absolute Gasteiger partial charge is 0.491 e. The molecule has 1 aromatic rings. The van der Waals surface area contributed by atoms with E-state index in [1.165, 1.54) is 0 Å². The third-order valence-corrected chi connectivity index (χ3v) is 2.55. The lowest BCUT2D eigenvalue weighted by molar-refractivity contribution is -0.120. The van der Waals surface area contributed by atoms with Gasteiger partial charge in [0, 0.05) is 6.54 Å². The zero-order valence-electron chi connectivity index (χ0n) is 10.4. The Morgan fingerprint density at radius 1 is 1.47 bits per heavy atom. The molecule has 1 atom stereocenters. The number of halogens is 1. The lowest BCUT2D eigenvalue weighted by Crippen LogP contribution is -2.26. The van der Waals surface area contributed by atoms with E-state index < -0.39 is 5.38 Å². The Kier molecular flexibility index (Phi) is 5.29. The van der Waals surface area contributed by atoms with Gasteiger partial charge in [-0.15, -0.1) is 11.6 Å². The first kappa shape index (κ1) is 13.8. The summed E-state index contributed by atoms with van der Waals surface area (Å²) in [5, 5.41) is 2.02. The fraction of sp³-hybridized carbons (Fsp3) is 0.462. The van der Waals surface area contributed by atoms with Gasteiger partial charge in [0.1, 0.15) is 11.1 Å². The summed E-state index contributed by atoms with van der Waals surface area (Å²) in [7, 11) is 0. The van der Waals surface area contributed by atoms with Gasteiger partial charge < -0.3 is 10.1 Å². The van der Waals surface area contributed by atoms with Crippen LogP contribution in [-0.4, -0.2) is 18.6 Å². The molecule has 0 aliphatic heterocycles. The molecule has 0 aliphatic carbocycles. The summed E-state index contributed by atoms with van der Waals surface area (Å²) >= 11 is 6.08. The zero-order valence-corrected chi connectivity index (χ0v) is 11.1. The van der Waals surface area contributed by atoms with E-state index in [4.69, 9.17) is 16.3 Å². The van der Waals surface area contributed by atoms with Gasteiger partial charge in [0.05, 0.1) is 6.10 Å². The van der Waals surface area contributed by atoms with E-state index in [0.29, 0.717) is 6.54 Å². The quantitative estimate of drug-likeness (QED) is 0.822. The average Bonchev–Trinajstić information content (AvgIpc) is 2.28. The van der Waals surface area contributed by atoms with Crippen LogP contribution >= 0.6 is 11.6 Å². The number of likely N-dealkylation sites (N-methyl/N-ethyl adjacent to an activating group) is 1. The number of alkyl halides is 1. The third-order valence-electron chi connectivity index (χ3n) is 2.10. The second-order valence-electron chi connectivity index (χ2n) is 4.00. The van der Waals surface area contributed by atoms with Gasteiger partial charge in [-0.3, -0.25) is 4.79 Å². The Labute approximate surface area is 107 Å². The molecular weight excluding hydrogens is 238 g/mol. The maximum atomic E-state index is 11.6. The maximum Gasteiger partial charge on any atom is 0.242 e. The summed E-state index contributed by atoms with van der Waals surface area (Å²) in [4.78, 5) is 11.6. The minimum absolute atomic E-state index is 0.100. The molecule has 0 saturated carbocycles. The summed E-state index contributed by atoms with van der Waals surface area (Å²) in [5.74, 6) is 0.545. The number of carbonyl (C=O) groups excluding carboxylic acids is 1. The minimum Gasteiger partial charge on any atom is -0.491 e. The topological polar surface area (TPSA) is 38.3 Å². The molecule has 0 aromatic heterocycles. The van der Waals surface area contributed by atoms with E-state index >= 15 is 0 Å². The van der Waals surface area contributed by atoms with E-state index in [9.17, 15) is 4.79 Å². The van der Waals surface area contributed by atoms with Crippen molar-refractivity contribution < 1.29 is 9.53 Å². The molecule has 3 nitrogen and oxygen atoms in total. The van der Waals surface area contributed by atoms with Crippen molar-refractivity contribution >= 4 is 17.5 Å². The first-order valence-electron chi connectivity index (χ1n) is 5.73. The van der Waals surface area contributed by atoms with Crippen molar-refractivity contribution in [3.05, 3.63) is 29.8 Å². The molecule has 1 rings (SSSR count). The number of amides is 1. The van der Waals surface area contributed by atoms with Gasteiger partial charge in [-0.1, -0.05) is 12.1 Å². The van der Waals surface area contributed by atoms with Gasteiger partial charge in [-0.05, 0) is 38.5 Å². The first-order valence-corrected chi connectivity index (χ1v) is 6.16. The van der Waals surface area contributed by atoms with E-state index in [2.05, 4.69) is 5.32 Å². The molecule has 1 aromatic carbocycles. The zero-order chi connectivity index (χ0) is 12.8. The third kappa shape index (κ3) is 4.27. The highest BCUT2D eigenvalue weighted by Crippen LogP contribution is 2.24. The minimum atomic E-state index is -0.675. The lowest BCUT2D eigenvalue weighted by atomic mass is 10.1. The van der Waals surface area contributed by atoms with E-state index in [1.807, 2.05) is 39.0 Å². The molecule has 1 amide bonds. The molecule has 17 heavy (non-hydrogen) atoms. The van der Waals surface area contributed by atoms with Crippen molar-refractivity contribution in [2.24, 2.45) is 0 Å². The number of hydrogen-bond donors (Lipinski definition) is 1. The summed E-state index contributed by atoms with van der Waals surface area (Å²) in [6.45, 7) is 6.34. The average molecular weight is 256 g/mol. The summed E-state index contributed by atoms with van der Waals surface area (Å²) in [5.41, 5.74) is 0.746. The highest BCUT2D eigenvalue weighted by molar-refractivity contribution is 6.30. The number of carbonyl (C=O) groups is 1. The first-order chi connectivity index (χ1) is 8.04. The van der Waals surface area contributed by atoms with Crippen LogP contribution in [0.5, 0.6) is 5.75 Å². The predicted molar refractivity (Wildman–Crippen MR) is 69.5 cm³/mol. The molecule has 0 saturated heterocycles. The molecular formula is C13H18ClNO2. The van der Waals surface area contributed by atoms with Crippen LogP contribution in [0, 0.1) is 0 Å². The standard InChI is InChI=1S/C13H18ClNO2/c1-4-15-13(16)12(14)10-6-5-7-11(8-10)17-9(2)3/h5-9,12H,4H2,1-3H3,(H,15,16). The molecule has 1 N–H and O–H groups in total. The molecule has 0 bridgehead atoms.